The van der Waals surface area contributed by atoms with Crippen LogP contribution in [0.3, 0.4) is 0 Å². The third kappa shape index (κ3) is 28.2. The van der Waals surface area contributed by atoms with Gasteiger partial charge in [-0.25, -0.2) is 4.98 Å². The summed E-state index contributed by atoms with van der Waals surface area (Å²) < 4.78 is 0. The highest BCUT2D eigenvalue weighted by atomic mass is 16.2. The Morgan fingerprint density at radius 3 is 1.62 bits per heavy atom. The van der Waals surface area contributed by atoms with Crippen LogP contribution in [-0.4, -0.2) is 34.4 Å². The number of aromatic amines is 1. The molecule has 1 aromatic heterocycles. The lowest BCUT2D eigenvalue weighted by Crippen LogP contribution is -2.48. The number of amides is 2. The van der Waals surface area contributed by atoms with Crippen LogP contribution < -0.4 is 10.6 Å². The Morgan fingerprint density at radius 1 is 0.646 bits per heavy atom. The lowest BCUT2D eigenvalue weighted by atomic mass is 10.1. The highest BCUT2D eigenvalue weighted by Gasteiger charge is 2.21. The van der Waals surface area contributed by atoms with E-state index in [1.807, 2.05) is 0 Å². The highest BCUT2D eigenvalue weighted by Crippen LogP contribution is 2.10. The van der Waals surface area contributed by atoms with E-state index in [9.17, 15) is 9.59 Å². The molecule has 1 unspecified atom stereocenters. The Kier molecular flexibility index (Phi) is 30.5. The van der Waals surface area contributed by atoms with Crippen LogP contribution in [0, 0.1) is 0 Å². The largest absolute Gasteiger partial charge is 0.354 e. The molecule has 0 saturated heterocycles. The molecule has 0 aliphatic heterocycles. The molecule has 0 bridgehead atoms. The maximum atomic E-state index is 13.0. The van der Waals surface area contributed by atoms with Gasteiger partial charge in [0, 0.05) is 25.6 Å². The molecule has 0 radical (unpaired) electrons. The zero-order valence-electron chi connectivity index (χ0n) is 31.0. The summed E-state index contributed by atoms with van der Waals surface area (Å²) in [5.74, 6) is -0.168. The Hall–Kier alpha value is -2.89. The first-order valence-electron chi connectivity index (χ1n) is 19.8. The van der Waals surface area contributed by atoms with Crippen LogP contribution in [0.25, 0.3) is 0 Å². The van der Waals surface area contributed by atoms with E-state index in [-0.39, 0.29) is 11.8 Å². The number of imidazole rings is 1. The number of H-pyrrole nitrogens is 1. The fourth-order valence-corrected chi connectivity index (χ4v) is 5.63. The Morgan fingerprint density at radius 2 is 1.12 bits per heavy atom. The number of rotatable bonds is 33. The summed E-state index contributed by atoms with van der Waals surface area (Å²) in [6.45, 7) is 5.13. The molecule has 6 heteroatoms. The van der Waals surface area contributed by atoms with Crippen LogP contribution in [0.1, 0.15) is 174 Å². The Bertz CT molecular complexity index is 980. The van der Waals surface area contributed by atoms with E-state index in [1.54, 1.807) is 12.5 Å². The average Bonchev–Trinajstić information content (AvgIpc) is 3.60. The van der Waals surface area contributed by atoms with Gasteiger partial charge in [0.15, 0.2) is 0 Å². The van der Waals surface area contributed by atoms with Crippen molar-refractivity contribution in [2.75, 3.05) is 6.54 Å². The number of allylic oxidation sites excluding steroid dienone is 8. The third-order valence-corrected chi connectivity index (χ3v) is 8.65. The van der Waals surface area contributed by atoms with Crippen molar-refractivity contribution in [1.29, 1.82) is 0 Å². The second-order valence-electron chi connectivity index (χ2n) is 13.2. The summed E-state index contributed by atoms with van der Waals surface area (Å²) in [5, 5.41) is 6.04. The second-order valence-corrected chi connectivity index (χ2v) is 13.2. The molecule has 0 spiro atoms. The second kappa shape index (κ2) is 34.0. The van der Waals surface area contributed by atoms with Gasteiger partial charge in [-0.15, -0.1) is 0 Å². The van der Waals surface area contributed by atoms with Crippen LogP contribution >= 0.6 is 0 Å². The van der Waals surface area contributed by atoms with Gasteiger partial charge in [-0.1, -0.05) is 133 Å². The summed E-state index contributed by atoms with van der Waals surface area (Å²) in [6, 6.07) is -0.594. The first-order valence-corrected chi connectivity index (χ1v) is 19.8. The molecule has 1 atom stereocenters. The van der Waals surface area contributed by atoms with E-state index in [1.165, 1.54) is 96.3 Å². The highest BCUT2D eigenvalue weighted by molar-refractivity contribution is 5.87. The zero-order valence-corrected chi connectivity index (χ0v) is 31.0. The summed E-state index contributed by atoms with van der Waals surface area (Å²) in [5.41, 5.74) is 0.779. The molecule has 0 saturated carbocycles. The molecule has 1 aromatic rings. The van der Waals surface area contributed by atoms with Crippen molar-refractivity contribution in [3.63, 3.8) is 0 Å². The summed E-state index contributed by atoms with van der Waals surface area (Å²) in [6.07, 6.45) is 49.7. The van der Waals surface area contributed by atoms with Gasteiger partial charge in [0.05, 0.1) is 12.0 Å². The van der Waals surface area contributed by atoms with Crippen molar-refractivity contribution in [1.82, 2.24) is 20.6 Å². The first-order chi connectivity index (χ1) is 23.7. The van der Waals surface area contributed by atoms with Gasteiger partial charge in [-0.2, -0.15) is 0 Å². The van der Waals surface area contributed by atoms with Crippen molar-refractivity contribution in [2.45, 2.75) is 180 Å². The third-order valence-electron chi connectivity index (χ3n) is 8.65. The van der Waals surface area contributed by atoms with Crippen LogP contribution in [0.5, 0.6) is 0 Å². The molecule has 48 heavy (non-hydrogen) atoms. The minimum atomic E-state index is -0.594. The molecule has 0 aromatic carbocycles. The van der Waals surface area contributed by atoms with Crippen molar-refractivity contribution in [2.24, 2.45) is 0 Å². The topological polar surface area (TPSA) is 86.9 Å². The Balaban J connectivity index is 2.12. The van der Waals surface area contributed by atoms with Crippen molar-refractivity contribution in [3.8, 4) is 0 Å². The molecule has 6 nitrogen and oxygen atoms in total. The number of hydrogen-bond donors (Lipinski definition) is 3. The molecule has 0 aliphatic carbocycles. The van der Waals surface area contributed by atoms with E-state index in [4.69, 9.17) is 0 Å². The molecular formula is C42H72N4O2. The van der Waals surface area contributed by atoms with Crippen LogP contribution in [0.2, 0.25) is 0 Å². The van der Waals surface area contributed by atoms with Gasteiger partial charge in [-0.05, 0) is 77.0 Å². The van der Waals surface area contributed by atoms with Crippen LogP contribution in [-0.2, 0) is 16.0 Å². The van der Waals surface area contributed by atoms with Crippen LogP contribution in [0.4, 0.5) is 0 Å². The van der Waals surface area contributed by atoms with Gasteiger partial charge in [0.2, 0.25) is 11.8 Å². The number of aromatic nitrogens is 2. The number of hydrogen-bond acceptors (Lipinski definition) is 3. The number of unbranched alkanes of at least 4 members (excludes halogenated alkanes) is 17. The predicted molar refractivity (Wildman–Crippen MR) is 206 cm³/mol. The Labute approximate surface area is 295 Å². The average molecular weight is 665 g/mol. The fraction of sp³-hybridized carbons (Fsp3) is 0.690. The summed E-state index contributed by atoms with van der Waals surface area (Å²) in [7, 11) is 0. The van der Waals surface area contributed by atoms with Gasteiger partial charge >= 0.3 is 0 Å². The van der Waals surface area contributed by atoms with Crippen molar-refractivity contribution >= 4 is 11.8 Å². The quantitative estimate of drug-likeness (QED) is 0.0516. The molecule has 1 rings (SSSR count). The monoisotopic (exact) mass is 665 g/mol. The predicted octanol–water partition coefficient (Wildman–Crippen LogP) is 11.2. The maximum Gasteiger partial charge on any atom is 0.242 e. The fourth-order valence-electron chi connectivity index (χ4n) is 5.63. The standard InChI is InChI=1S/C42H72N4O2/c1-3-5-7-9-11-13-15-17-19-21-23-25-27-29-31-33-35-44-42(48)40(36-39-37-43-38-45-39)46-41(47)34-32-30-28-26-24-22-20-18-16-14-12-10-8-6-4-2/h11-14,17-20,37-38,40H,3-10,15-16,21-36H2,1-2H3,(H,43,45)(H,44,48)(H,46,47). The maximum absolute atomic E-state index is 13.0. The number of carbonyl (C=O) groups excluding carboxylic acids is 2. The van der Waals surface area contributed by atoms with E-state index < -0.39 is 6.04 Å². The number of nitrogens with zero attached hydrogens (tertiary/aromatic N) is 1. The lowest BCUT2D eigenvalue weighted by molar-refractivity contribution is -0.129. The normalized spacial score (nSPS) is 12.6. The van der Waals surface area contributed by atoms with E-state index in [2.05, 4.69) is 83.1 Å². The van der Waals surface area contributed by atoms with E-state index in [0.717, 1.165) is 57.1 Å². The molecular weight excluding hydrogens is 592 g/mol. The van der Waals surface area contributed by atoms with Crippen molar-refractivity contribution in [3.05, 3.63) is 66.8 Å². The molecule has 272 valence electrons. The van der Waals surface area contributed by atoms with Gasteiger partial charge < -0.3 is 15.6 Å². The van der Waals surface area contributed by atoms with Gasteiger partial charge in [0.1, 0.15) is 6.04 Å². The van der Waals surface area contributed by atoms with Crippen molar-refractivity contribution < 1.29 is 9.59 Å². The molecule has 1 heterocycles. The van der Waals surface area contributed by atoms with E-state index in [0.29, 0.717) is 19.4 Å². The van der Waals surface area contributed by atoms with Gasteiger partial charge in [-0.3, -0.25) is 9.59 Å². The summed E-state index contributed by atoms with van der Waals surface area (Å²) >= 11 is 0. The van der Waals surface area contributed by atoms with Crippen LogP contribution in [0.15, 0.2) is 61.1 Å². The molecule has 2 amide bonds. The van der Waals surface area contributed by atoms with Gasteiger partial charge in [0.25, 0.3) is 0 Å². The summed E-state index contributed by atoms with van der Waals surface area (Å²) in [4.78, 5) is 32.9. The number of nitrogens with one attached hydrogen (secondary N) is 3. The molecule has 0 fully saturated rings. The van der Waals surface area contributed by atoms with E-state index >= 15 is 0 Å². The molecule has 0 aliphatic rings. The SMILES string of the molecule is CCCCCC=CCC=CCCCCCCCCNC(=O)C(Cc1c[nH]cn1)NC(=O)CCCCCCCC=CCC=CCCCCC. The smallest absolute Gasteiger partial charge is 0.242 e. The minimum Gasteiger partial charge on any atom is -0.354 e. The number of carbonyl (C=O) groups is 2. The minimum absolute atomic E-state index is 0.0508. The zero-order chi connectivity index (χ0) is 34.6. The lowest BCUT2D eigenvalue weighted by Gasteiger charge is -2.18. The first kappa shape index (κ1) is 43.1. The molecule has 3 N–H and O–H groups in total.